The maximum absolute atomic E-state index is 11.9. The second-order valence-electron chi connectivity index (χ2n) is 17.8. The zero-order valence-electron chi connectivity index (χ0n) is 40.1. The standard InChI is InChI=1S/C63H62N2O2S/c1-6-7-8-9-10-11-42-67-63-52(26-20-50-22-36-59(37-23-50)64(55-28-12-46(2)13-29-55)56-30-14-47(3)15-31-56)43-54(62-41-40-61(45-66)68-62)44-53(63)27-21-51-24-38-60(39-25-51)65(57-32-16-48(4)17-33-57)58-34-18-49(5)19-35-58/h12-41,43-45H,6-11,42H2,1-5H3/b26-20+,27-21+. The molecule has 0 N–H and O–H groups in total. The average molecular weight is 911 g/mol. The Bertz CT molecular complexity index is 2670. The van der Waals surface area contributed by atoms with Gasteiger partial charge in [-0.05, 0) is 148 Å². The lowest BCUT2D eigenvalue weighted by molar-refractivity contribution is 0.112. The van der Waals surface area contributed by atoms with Crippen LogP contribution in [-0.4, -0.2) is 12.9 Å². The number of carbonyl (C=O) groups is 1. The van der Waals surface area contributed by atoms with Gasteiger partial charge in [0.25, 0.3) is 0 Å². The van der Waals surface area contributed by atoms with Gasteiger partial charge in [-0.2, -0.15) is 0 Å². The highest BCUT2D eigenvalue weighted by Gasteiger charge is 2.16. The lowest BCUT2D eigenvalue weighted by Crippen LogP contribution is -2.09. The fourth-order valence-electron chi connectivity index (χ4n) is 8.37. The van der Waals surface area contributed by atoms with Gasteiger partial charge in [-0.3, -0.25) is 4.79 Å². The number of rotatable bonds is 20. The molecule has 8 aromatic rings. The number of hydrogen-bond donors (Lipinski definition) is 0. The normalized spacial score (nSPS) is 11.4. The molecule has 0 spiro atoms. The molecular weight excluding hydrogens is 849 g/mol. The molecule has 0 bridgehead atoms. The Morgan fingerprint density at radius 1 is 0.441 bits per heavy atom. The summed E-state index contributed by atoms with van der Waals surface area (Å²) in [5.74, 6) is 0.852. The number of ether oxygens (including phenoxy) is 1. The molecule has 4 nitrogen and oxygen atoms in total. The zero-order chi connectivity index (χ0) is 47.2. The first-order valence-corrected chi connectivity index (χ1v) is 24.9. The number of nitrogens with zero attached hydrogens (tertiary/aromatic N) is 2. The van der Waals surface area contributed by atoms with Crippen LogP contribution in [0.15, 0.2) is 170 Å². The van der Waals surface area contributed by atoms with E-state index in [9.17, 15) is 4.79 Å². The topological polar surface area (TPSA) is 32.8 Å². The van der Waals surface area contributed by atoms with Gasteiger partial charge in [0.05, 0.1) is 11.5 Å². The van der Waals surface area contributed by atoms with Crippen molar-refractivity contribution in [2.45, 2.75) is 73.1 Å². The Morgan fingerprint density at radius 2 is 0.809 bits per heavy atom. The molecule has 68 heavy (non-hydrogen) atoms. The molecule has 0 aliphatic rings. The van der Waals surface area contributed by atoms with Gasteiger partial charge < -0.3 is 14.5 Å². The number of aldehydes is 1. The van der Waals surface area contributed by atoms with Crippen LogP contribution in [0.25, 0.3) is 34.7 Å². The molecule has 0 saturated heterocycles. The van der Waals surface area contributed by atoms with Gasteiger partial charge in [-0.1, -0.05) is 158 Å². The Kier molecular flexibility index (Phi) is 16.0. The Balaban J connectivity index is 1.14. The SMILES string of the molecule is CCCCCCCCOc1c(/C=C/c2ccc(N(c3ccc(C)cc3)c3ccc(C)cc3)cc2)cc(-c2ccc(C=O)s2)cc1/C=C/c1ccc(N(c2ccc(C)cc2)c2ccc(C)cc2)cc1. The molecule has 0 aliphatic carbocycles. The summed E-state index contributed by atoms with van der Waals surface area (Å²) >= 11 is 1.51. The number of carbonyl (C=O) groups excluding carboxylic acids is 1. The molecule has 0 aliphatic heterocycles. The van der Waals surface area contributed by atoms with Crippen molar-refractivity contribution in [1.82, 2.24) is 0 Å². The lowest BCUT2D eigenvalue weighted by Gasteiger charge is -2.26. The van der Waals surface area contributed by atoms with Gasteiger partial charge in [0, 0.05) is 50.1 Å². The fraction of sp³-hybridized carbons (Fsp3) is 0.190. The molecule has 342 valence electrons. The van der Waals surface area contributed by atoms with Gasteiger partial charge in [0.1, 0.15) is 5.75 Å². The van der Waals surface area contributed by atoms with Crippen LogP contribution < -0.4 is 14.5 Å². The Hall–Kier alpha value is -7.21. The van der Waals surface area contributed by atoms with E-state index >= 15 is 0 Å². The third kappa shape index (κ3) is 12.2. The van der Waals surface area contributed by atoms with Crippen molar-refractivity contribution in [3.05, 3.63) is 219 Å². The van der Waals surface area contributed by atoms with Crippen molar-refractivity contribution in [3.8, 4) is 16.2 Å². The van der Waals surface area contributed by atoms with E-state index in [1.54, 1.807) is 0 Å². The highest BCUT2D eigenvalue weighted by Crippen LogP contribution is 2.39. The first-order chi connectivity index (χ1) is 33.2. The maximum Gasteiger partial charge on any atom is 0.160 e. The quantitative estimate of drug-likeness (QED) is 0.0433. The Morgan fingerprint density at radius 3 is 1.18 bits per heavy atom. The summed E-state index contributed by atoms with van der Waals surface area (Å²) in [6.45, 7) is 11.4. The van der Waals surface area contributed by atoms with Gasteiger partial charge in [0.15, 0.2) is 6.29 Å². The van der Waals surface area contributed by atoms with Crippen LogP contribution in [-0.2, 0) is 0 Å². The molecule has 0 saturated carbocycles. The number of aryl methyl sites for hydroxylation is 4. The fourth-order valence-corrected chi connectivity index (χ4v) is 9.18. The van der Waals surface area contributed by atoms with E-state index in [2.05, 4.69) is 226 Å². The molecule has 0 unspecified atom stereocenters. The van der Waals surface area contributed by atoms with E-state index in [1.807, 2.05) is 12.1 Å². The van der Waals surface area contributed by atoms with Gasteiger partial charge in [-0.15, -0.1) is 11.3 Å². The third-order valence-electron chi connectivity index (χ3n) is 12.3. The minimum absolute atomic E-state index is 0.631. The van der Waals surface area contributed by atoms with Crippen LogP contribution in [0.2, 0.25) is 0 Å². The number of anilines is 6. The molecule has 8 rings (SSSR count). The van der Waals surface area contributed by atoms with Crippen molar-refractivity contribution in [2.24, 2.45) is 0 Å². The first kappa shape index (κ1) is 47.3. The van der Waals surface area contributed by atoms with Crippen molar-refractivity contribution in [1.29, 1.82) is 0 Å². The second-order valence-corrected chi connectivity index (χ2v) is 18.9. The van der Waals surface area contributed by atoms with Crippen LogP contribution in [0.3, 0.4) is 0 Å². The summed E-state index contributed by atoms with van der Waals surface area (Å²) in [5, 5.41) is 0. The van der Waals surface area contributed by atoms with E-state index in [0.29, 0.717) is 11.5 Å². The van der Waals surface area contributed by atoms with Crippen LogP contribution in [0.1, 0.15) is 99.6 Å². The summed E-state index contributed by atoms with van der Waals surface area (Å²) in [6, 6.07) is 60.6. The average Bonchev–Trinajstić information content (AvgIpc) is 3.86. The molecule has 0 atom stereocenters. The second kappa shape index (κ2) is 23.0. The Labute approximate surface area is 408 Å². The van der Waals surface area contributed by atoms with E-state index in [-0.39, 0.29) is 0 Å². The summed E-state index contributed by atoms with van der Waals surface area (Å²) in [5.41, 5.74) is 16.7. The highest BCUT2D eigenvalue weighted by molar-refractivity contribution is 7.17. The van der Waals surface area contributed by atoms with E-state index < -0.39 is 0 Å². The van der Waals surface area contributed by atoms with Crippen LogP contribution in [0, 0.1) is 27.7 Å². The predicted octanol–water partition coefficient (Wildman–Crippen LogP) is 18.5. The number of thiophene rings is 1. The largest absolute Gasteiger partial charge is 0.492 e. The van der Waals surface area contributed by atoms with E-state index in [1.165, 1.54) is 59.3 Å². The molecule has 7 aromatic carbocycles. The van der Waals surface area contributed by atoms with Crippen LogP contribution in [0.5, 0.6) is 5.75 Å². The molecule has 5 heteroatoms. The molecule has 0 amide bonds. The van der Waals surface area contributed by atoms with E-state index in [4.69, 9.17) is 4.74 Å². The maximum atomic E-state index is 11.9. The summed E-state index contributed by atoms with van der Waals surface area (Å²) in [7, 11) is 0. The van der Waals surface area contributed by atoms with Crippen molar-refractivity contribution < 1.29 is 9.53 Å². The smallest absolute Gasteiger partial charge is 0.160 e. The number of benzene rings is 7. The molecular formula is C63H62N2O2S. The zero-order valence-corrected chi connectivity index (χ0v) is 40.9. The molecule has 1 heterocycles. The molecule has 1 aromatic heterocycles. The number of unbranched alkanes of at least 4 members (excludes halogenated alkanes) is 5. The predicted molar refractivity (Wildman–Crippen MR) is 293 cm³/mol. The highest BCUT2D eigenvalue weighted by atomic mass is 32.1. The molecule has 0 radical (unpaired) electrons. The van der Waals surface area contributed by atoms with Gasteiger partial charge in [0.2, 0.25) is 0 Å². The monoisotopic (exact) mass is 910 g/mol. The van der Waals surface area contributed by atoms with Crippen molar-refractivity contribution >= 4 is 76.1 Å². The third-order valence-corrected chi connectivity index (χ3v) is 13.4. The van der Waals surface area contributed by atoms with Crippen molar-refractivity contribution in [3.63, 3.8) is 0 Å². The minimum atomic E-state index is 0.631. The van der Waals surface area contributed by atoms with Gasteiger partial charge in [-0.25, -0.2) is 0 Å². The van der Waals surface area contributed by atoms with Gasteiger partial charge >= 0.3 is 0 Å². The summed E-state index contributed by atoms with van der Waals surface area (Å²) in [6.07, 6.45) is 16.7. The van der Waals surface area contributed by atoms with Crippen molar-refractivity contribution in [2.75, 3.05) is 16.4 Å². The number of hydrogen-bond acceptors (Lipinski definition) is 5. The van der Waals surface area contributed by atoms with E-state index in [0.717, 1.165) is 91.7 Å². The summed E-state index contributed by atoms with van der Waals surface area (Å²) in [4.78, 5) is 18.2. The first-order valence-electron chi connectivity index (χ1n) is 24.0. The minimum Gasteiger partial charge on any atom is -0.492 e. The lowest BCUT2D eigenvalue weighted by atomic mass is 10.00. The molecule has 0 fully saturated rings. The summed E-state index contributed by atoms with van der Waals surface area (Å²) < 4.78 is 6.83. The van der Waals surface area contributed by atoms with Crippen LogP contribution in [0.4, 0.5) is 34.1 Å². The van der Waals surface area contributed by atoms with Crippen LogP contribution >= 0.6 is 11.3 Å².